The summed E-state index contributed by atoms with van der Waals surface area (Å²) in [6, 6.07) is 40.7. The first-order valence-corrected chi connectivity index (χ1v) is 26.3. The summed E-state index contributed by atoms with van der Waals surface area (Å²) < 4.78 is 6.91. The molecule has 0 unspecified atom stereocenters. The fourth-order valence-electron chi connectivity index (χ4n) is 12.5. The smallest absolute Gasteiger partial charge is 0.252 e. The van der Waals surface area contributed by atoms with Crippen molar-refractivity contribution in [2.45, 2.75) is 181 Å². The van der Waals surface area contributed by atoms with Crippen LogP contribution in [0.15, 0.2) is 108 Å². The summed E-state index contributed by atoms with van der Waals surface area (Å²) >= 11 is 0. The van der Waals surface area contributed by atoms with E-state index in [1.807, 2.05) is 0 Å². The van der Waals surface area contributed by atoms with E-state index in [1.54, 1.807) is 0 Å². The Balaban J connectivity index is 1.25. The lowest BCUT2D eigenvalue weighted by atomic mass is 9.33. The molecule has 4 aliphatic rings. The van der Waals surface area contributed by atoms with E-state index in [0.29, 0.717) is 5.89 Å². The van der Waals surface area contributed by atoms with Crippen molar-refractivity contribution in [3.8, 4) is 11.5 Å². The lowest BCUT2D eigenvalue weighted by molar-refractivity contribution is 0.332. The summed E-state index contributed by atoms with van der Waals surface area (Å²) in [6.45, 7) is 40.5. The minimum atomic E-state index is -0.133. The average Bonchev–Trinajstić information content (AvgIpc) is 3.70. The van der Waals surface area contributed by atoms with Crippen molar-refractivity contribution in [2.75, 3.05) is 9.80 Å². The van der Waals surface area contributed by atoms with Crippen molar-refractivity contribution in [1.82, 2.24) is 4.98 Å². The fourth-order valence-corrected chi connectivity index (χ4v) is 12.5. The highest BCUT2D eigenvalue weighted by Gasteiger charge is 2.48. The van der Waals surface area contributed by atoms with Crippen molar-refractivity contribution in [1.29, 1.82) is 0 Å². The Morgan fingerprint density at radius 3 is 1.43 bits per heavy atom. The van der Waals surface area contributed by atoms with Crippen LogP contribution in [0.3, 0.4) is 0 Å². The van der Waals surface area contributed by atoms with Crippen LogP contribution >= 0.6 is 0 Å². The molecule has 5 heteroatoms. The van der Waals surface area contributed by atoms with Gasteiger partial charge in [0, 0.05) is 39.7 Å². The SMILES string of the molecule is CC(C)(C)c1ccc(-c2nc3cc4c(cc3o2)B2c3cc5c(cc3N(c3ccc6c(c3)C(C)(C)CCC6(C)C)c3cc(C(C)(C)C)cc(c32)N4c2ccc(C(C)(C)C)cc2)C(C)(C)CCC5(C)C)cc1. The second-order valence-electron chi connectivity index (χ2n) is 27.5. The zero-order valence-corrected chi connectivity index (χ0v) is 45.5. The Bertz CT molecular complexity index is 3270. The number of oxazole rings is 1. The molecule has 360 valence electrons. The van der Waals surface area contributed by atoms with Crippen LogP contribution < -0.4 is 26.2 Å². The fraction of sp³-hybridized carbons (Fsp3) is 0.431. The number of aromatic nitrogens is 1. The zero-order valence-electron chi connectivity index (χ0n) is 45.5. The van der Waals surface area contributed by atoms with Gasteiger partial charge in [0.15, 0.2) is 5.58 Å². The van der Waals surface area contributed by atoms with Gasteiger partial charge in [-0.3, -0.25) is 0 Å². The van der Waals surface area contributed by atoms with Crippen molar-refractivity contribution < 1.29 is 4.42 Å². The van der Waals surface area contributed by atoms with E-state index in [4.69, 9.17) is 9.40 Å². The van der Waals surface area contributed by atoms with E-state index >= 15 is 0 Å². The molecule has 0 saturated carbocycles. The molecule has 7 aromatic rings. The predicted molar refractivity (Wildman–Crippen MR) is 300 cm³/mol. The quantitative estimate of drug-likeness (QED) is 0.165. The van der Waals surface area contributed by atoms with Crippen LogP contribution in [0.4, 0.5) is 34.1 Å². The number of anilines is 6. The van der Waals surface area contributed by atoms with Gasteiger partial charge in [-0.25, -0.2) is 4.98 Å². The van der Waals surface area contributed by atoms with Gasteiger partial charge in [0.25, 0.3) is 6.71 Å². The molecule has 11 rings (SSSR count). The minimum absolute atomic E-state index is 0.0213. The standard InChI is InChI=1S/C65H76BN3O/c1-59(2,3)40-20-18-39(19-21-40)58-67-51-38-53-50(37-56(51)70-58)66-49-35-47-48(65(16,17)31-30-64(47,14)15)36-52(49)69(44-26-27-45-46(34-44)63(12,13)29-28-62(45,10)11)55-33-42(61(7,8)9)32-54(57(55)66)68(53)43-24-22-41(23-25-43)60(4,5)6/h18-27,32-38H,28-31H2,1-17H3. The van der Waals surface area contributed by atoms with Gasteiger partial charge in [-0.05, 0) is 186 Å². The van der Waals surface area contributed by atoms with Crippen LogP contribution in [-0.4, -0.2) is 11.7 Å². The lowest BCUT2D eigenvalue weighted by Crippen LogP contribution is -2.62. The maximum atomic E-state index is 6.91. The molecule has 2 aliphatic carbocycles. The molecule has 0 amide bonds. The van der Waals surface area contributed by atoms with Gasteiger partial charge in [-0.15, -0.1) is 0 Å². The molecule has 0 radical (unpaired) electrons. The highest BCUT2D eigenvalue weighted by atomic mass is 16.3. The van der Waals surface area contributed by atoms with E-state index in [0.717, 1.165) is 40.9 Å². The molecule has 2 aliphatic heterocycles. The van der Waals surface area contributed by atoms with E-state index in [9.17, 15) is 0 Å². The van der Waals surface area contributed by atoms with Gasteiger partial charge in [-0.1, -0.05) is 154 Å². The molecular formula is C65H76BN3O. The number of fused-ring (bicyclic) bond motifs is 7. The van der Waals surface area contributed by atoms with E-state index in [1.165, 1.54) is 90.9 Å². The largest absolute Gasteiger partial charge is 0.436 e. The molecule has 0 fully saturated rings. The summed E-state index contributed by atoms with van der Waals surface area (Å²) in [6.07, 6.45) is 4.66. The number of hydrogen-bond acceptors (Lipinski definition) is 4. The molecule has 3 heterocycles. The molecule has 0 saturated heterocycles. The second-order valence-corrected chi connectivity index (χ2v) is 27.5. The van der Waals surface area contributed by atoms with Gasteiger partial charge in [0.2, 0.25) is 5.89 Å². The second kappa shape index (κ2) is 15.0. The maximum absolute atomic E-state index is 6.91. The van der Waals surface area contributed by atoms with E-state index < -0.39 is 0 Å². The highest BCUT2D eigenvalue weighted by molar-refractivity contribution is 7.00. The topological polar surface area (TPSA) is 32.5 Å². The summed E-state index contributed by atoms with van der Waals surface area (Å²) in [7, 11) is 0. The third-order valence-corrected chi connectivity index (χ3v) is 17.5. The third kappa shape index (κ3) is 7.32. The van der Waals surface area contributed by atoms with E-state index in [-0.39, 0.29) is 44.6 Å². The Hall–Kier alpha value is -5.55. The van der Waals surface area contributed by atoms with Gasteiger partial charge >= 0.3 is 0 Å². The molecule has 1 aromatic heterocycles. The van der Waals surface area contributed by atoms with Gasteiger partial charge in [0.1, 0.15) is 5.52 Å². The average molecular weight is 926 g/mol. The Morgan fingerprint density at radius 2 is 0.886 bits per heavy atom. The number of nitrogens with zero attached hydrogens (tertiary/aromatic N) is 3. The first-order valence-electron chi connectivity index (χ1n) is 26.3. The molecule has 0 spiro atoms. The molecule has 0 N–H and O–H groups in total. The van der Waals surface area contributed by atoms with Crippen LogP contribution in [0.25, 0.3) is 22.6 Å². The third-order valence-electron chi connectivity index (χ3n) is 17.5. The summed E-state index contributed by atoms with van der Waals surface area (Å²) in [4.78, 5) is 10.5. The van der Waals surface area contributed by atoms with Crippen molar-refractivity contribution in [3.05, 3.63) is 142 Å². The predicted octanol–water partition coefficient (Wildman–Crippen LogP) is 16.2. The van der Waals surface area contributed by atoms with Crippen molar-refractivity contribution in [2.24, 2.45) is 0 Å². The van der Waals surface area contributed by atoms with Crippen LogP contribution in [0, 0.1) is 0 Å². The molecule has 0 atom stereocenters. The highest BCUT2D eigenvalue weighted by Crippen LogP contribution is 2.53. The number of rotatable bonds is 3. The zero-order chi connectivity index (χ0) is 50.0. The minimum Gasteiger partial charge on any atom is -0.436 e. The Kier molecular flexibility index (Phi) is 10.0. The first kappa shape index (κ1) is 46.8. The van der Waals surface area contributed by atoms with Gasteiger partial charge < -0.3 is 14.2 Å². The van der Waals surface area contributed by atoms with Crippen molar-refractivity contribution in [3.63, 3.8) is 0 Å². The first-order chi connectivity index (χ1) is 32.5. The molecule has 0 bridgehead atoms. The molecule has 4 nitrogen and oxygen atoms in total. The van der Waals surface area contributed by atoms with Gasteiger partial charge in [0.05, 0.1) is 0 Å². The van der Waals surface area contributed by atoms with Crippen LogP contribution in [0.1, 0.15) is 182 Å². The van der Waals surface area contributed by atoms with Crippen LogP contribution in [-0.2, 0) is 37.9 Å². The Morgan fingerprint density at radius 1 is 0.443 bits per heavy atom. The number of hydrogen-bond donors (Lipinski definition) is 0. The summed E-state index contributed by atoms with van der Waals surface area (Å²) in [5, 5.41) is 0. The van der Waals surface area contributed by atoms with Gasteiger partial charge in [-0.2, -0.15) is 0 Å². The Labute approximate surface area is 420 Å². The molecule has 70 heavy (non-hydrogen) atoms. The normalized spacial score (nSPS) is 18.5. The number of benzene rings is 6. The van der Waals surface area contributed by atoms with Crippen molar-refractivity contribution >= 4 is 68.3 Å². The lowest BCUT2D eigenvalue weighted by Gasteiger charge is -2.48. The maximum Gasteiger partial charge on any atom is 0.252 e. The van der Waals surface area contributed by atoms with Crippen LogP contribution in [0.5, 0.6) is 0 Å². The summed E-state index contributed by atoms with van der Waals surface area (Å²) in [5.41, 5.74) is 24.0. The monoisotopic (exact) mass is 926 g/mol. The van der Waals surface area contributed by atoms with Crippen LogP contribution in [0.2, 0.25) is 0 Å². The molecule has 6 aromatic carbocycles. The molecular weight excluding hydrogens is 850 g/mol. The summed E-state index contributed by atoms with van der Waals surface area (Å²) in [5.74, 6) is 0.652. The van der Waals surface area contributed by atoms with E-state index in [2.05, 4.69) is 231 Å².